The molecule has 0 aromatic rings. The normalized spacial score (nSPS) is 13.4. The van der Waals surface area contributed by atoms with E-state index >= 15 is 0 Å². The van der Waals surface area contributed by atoms with Gasteiger partial charge in [0.2, 0.25) is 0 Å². The molecule has 0 aliphatic carbocycles. The summed E-state index contributed by atoms with van der Waals surface area (Å²) in [5.41, 5.74) is 5.04. The van der Waals surface area contributed by atoms with Gasteiger partial charge in [-0.05, 0) is 22.6 Å². The van der Waals surface area contributed by atoms with Crippen molar-refractivity contribution in [3.63, 3.8) is 0 Å². The van der Waals surface area contributed by atoms with E-state index in [4.69, 9.17) is 5.73 Å². The van der Waals surface area contributed by atoms with Crippen LogP contribution in [0, 0.1) is 0 Å². The first kappa shape index (κ1) is 9.80. The Labute approximate surface area is 71.3 Å². The SMILES string of the molecule is NC=C(I)C=NCC(F)F. The lowest BCUT2D eigenvalue weighted by atomic mass is 10.6. The Hall–Kier alpha value is -0.200. The number of nitrogens with two attached hydrogens (primary N) is 1. The highest BCUT2D eigenvalue weighted by Crippen LogP contribution is 1.99. The molecule has 0 saturated heterocycles. The van der Waals surface area contributed by atoms with Gasteiger partial charge in [0, 0.05) is 16.0 Å². The first-order valence-electron chi connectivity index (χ1n) is 2.52. The third-order valence-corrected chi connectivity index (χ3v) is 1.26. The van der Waals surface area contributed by atoms with E-state index in [0.29, 0.717) is 3.58 Å². The van der Waals surface area contributed by atoms with E-state index in [-0.39, 0.29) is 0 Å². The zero-order chi connectivity index (χ0) is 7.98. The predicted octanol–water partition coefficient (Wildman–Crippen LogP) is 1.56. The number of hydrogen-bond acceptors (Lipinski definition) is 2. The van der Waals surface area contributed by atoms with Crippen LogP contribution in [0.15, 0.2) is 14.8 Å². The van der Waals surface area contributed by atoms with Crippen LogP contribution in [-0.2, 0) is 0 Å². The monoisotopic (exact) mass is 260 g/mol. The Morgan fingerprint density at radius 1 is 1.70 bits per heavy atom. The van der Waals surface area contributed by atoms with Gasteiger partial charge in [0.05, 0.1) is 6.54 Å². The quantitative estimate of drug-likeness (QED) is 0.607. The van der Waals surface area contributed by atoms with Crippen molar-refractivity contribution in [2.75, 3.05) is 6.54 Å². The van der Waals surface area contributed by atoms with Gasteiger partial charge in [-0.15, -0.1) is 0 Å². The molecular weight excluding hydrogens is 253 g/mol. The van der Waals surface area contributed by atoms with Gasteiger partial charge in [-0.2, -0.15) is 0 Å². The lowest BCUT2D eigenvalue weighted by molar-refractivity contribution is 0.159. The van der Waals surface area contributed by atoms with Gasteiger partial charge in [-0.3, -0.25) is 4.99 Å². The molecule has 0 spiro atoms. The van der Waals surface area contributed by atoms with Crippen LogP contribution in [0.25, 0.3) is 0 Å². The molecule has 0 heterocycles. The third kappa shape index (κ3) is 5.93. The highest BCUT2D eigenvalue weighted by molar-refractivity contribution is 14.1. The Morgan fingerprint density at radius 3 is 2.70 bits per heavy atom. The summed E-state index contributed by atoms with van der Waals surface area (Å²) in [5.74, 6) is 0. The fourth-order valence-corrected chi connectivity index (χ4v) is 0.460. The molecule has 0 aliphatic heterocycles. The number of allylic oxidation sites excluding steroid dienone is 1. The van der Waals surface area contributed by atoms with Crippen LogP contribution in [0.3, 0.4) is 0 Å². The van der Waals surface area contributed by atoms with Crippen LogP contribution in [0.4, 0.5) is 8.78 Å². The smallest absolute Gasteiger partial charge is 0.257 e. The van der Waals surface area contributed by atoms with E-state index in [0.717, 1.165) is 0 Å². The molecule has 0 aromatic carbocycles. The van der Waals surface area contributed by atoms with Crippen molar-refractivity contribution in [3.8, 4) is 0 Å². The molecule has 2 nitrogen and oxygen atoms in total. The van der Waals surface area contributed by atoms with Crippen LogP contribution in [0.1, 0.15) is 0 Å². The van der Waals surface area contributed by atoms with Crippen molar-refractivity contribution in [1.82, 2.24) is 0 Å². The van der Waals surface area contributed by atoms with Gasteiger partial charge in [0.25, 0.3) is 6.43 Å². The molecule has 0 atom stereocenters. The minimum Gasteiger partial charge on any atom is -0.404 e. The summed E-state index contributed by atoms with van der Waals surface area (Å²) in [5, 5.41) is 0. The van der Waals surface area contributed by atoms with Crippen LogP contribution < -0.4 is 5.73 Å². The first-order valence-corrected chi connectivity index (χ1v) is 3.60. The minimum absolute atomic E-state index is 0.458. The van der Waals surface area contributed by atoms with Crippen LogP contribution >= 0.6 is 22.6 Å². The summed E-state index contributed by atoms with van der Waals surface area (Å²) >= 11 is 1.89. The Morgan fingerprint density at radius 2 is 2.30 bits per heavy atom. The second kappa shape index (κ2) is 5.57. The standard InChI is InChI=1S/C5H7F2IN2/c6-5(7)3-10-2-4(8)1-9/h1-2,5H,3,9H2. The number of hydrogen-bond donors (Lipinski definition) is 1. The molecule has 0 aromatic heterocycles. The highest BCUT2D eigenvalue weighted by Gasteiger charge is 1.96. The molecule has 0 aliphatic rings. The van der Waals surface area contributed by atoms with Crippen molar-refractivity contribution in [2.45, 2.75) is 6.43 Å². The fraction of sp³-hybridized carbons (Fsp3) is 0.400. The molecule has 0 fully saturated rings. The van der Waals surface area contributed by atoms with Crippen molar-refractivity contribution in [3.05, 3.63) is 9.78 Å². The van der Waals surface area contributed by atoms with E-state index in [1.165, 1.54) is 12.4 Å². The van der Waals surface area contributed by atoms with E-state index in [1.807, 2.05) is 22.6 Å². The van der Waals surface area contributed by atoms with E-state index in [1.54, 1.807) is 0 Å². The average Bonchev–Trinajstić information content (AvgIpc) is 1.87. The molecule has 0 amide bonds. The number of alkyl halides is 2. The maximum absolute atomic E-state index is 11.4. The molecular formula is C5H7F2IN2. The predicted molar refractivity (Wildman–Crippen MR) is 45.7 cm³/mol. The van der Waals surface area contributed by atoms with Crippen molar-refractivity contribution < 1.29 is 8.78 Å². The topological polar surface area (TPSA) is 38.4 Å². The van der Waals surface area contributed by atoms with Gasteiger partial charge < -0.3 is 5.73 Å². The molecule has 2 N–H and O–H groups in total. The van der Waals surface area contributed by atoms with Gasteiger partial charge in [0.15, 0.2) is 0 Å². The fourth-order valence-electron chi connectivity index (χ4n) is 0.263. The summed E-state index contributed by atoms with van der Waals surface area (Å²) in [6.45, 7) is -0.458. The Bertz CT molecular complexity index is 145. The molecule has 0 unspecified atom stereocenters. The average molecular weight is 260 g/mol. The summed E-state index contributed by atoms with van der Waals surface area (Å²) in [6.07, 6.45) is 0.237. The Kier molecular flexibility index (Phi) is 5.46. The van der Waals surface area contributed by atoms with E-state index in [9.17, 15) is 8.78 Å². The van der Waals surface area contributed by atoms with Gasteiger partial charge >= 0.3 is 0 Å². The largest absolute Gasteiger partial charge is 0.404 e. The molecule has 10 heavy (non-hydrogen) atoms. The van der Waals surface area contributed by atoms with Crippen molar-refractivity contribution in [1.29, 1.82) is 0 Å². The molecule has 0 rings (SSSR count). The van der Waals surface area contributed by atoms with E-state index in [2.05, 4.69) is 4.99 Å². The van der Waals surface area contributed by atoms with Gasteiger partial charge in [0.1, 0.15) is 0 Å². The first-order chi connectivity index (χ1) is 4.66. The lowest BCUT2D eigenvalue weighted by Gasteiger charge is -1.89. The maximum atomic E-state index is 11.4. The van der Waals surface area contributed by atoms with Crippen molar-refractivity contribution in [2.24, 2.45) is 10.7 Å². The highest BCUT2D eigenvalue weighted by atomic mass is 127. The summed E-state index contributed by atoms with van der Waals surface area (Å²) in [6, 6.07) is 0. The number of halogens is 3. The van der Waals surface area contributed by atoms with Gasteiger partial charge in [-0.25, -0.2) is 8.78 Å². The molecule has 0 bridgehead atoms. The molecule has 5 heteroatoms. The minimum atomic E-state index is -2.38. The summed E-state index contributed by atoms with van der Waals surface area (Å²) < 4.78 is 23.5. The van der Waals surface area contributed by atoms with E-state index < -0.39 is 13.0 Å². The number of nitrogens with zero attached hydrogens (tertiary/aromatic N) is 1. The van der Waals surface area contributed by atoms with Crippen LogP contribution in [-0.4, -0.2) is 19.2 Å². The van der Waals surface area contributed by atoms with Gasteiger partial charge in [-0.1, -0.05) is 0 Å². The second-order valence-electron chi connectivity index (χ2n) is 1.44. The van der Waals surface area contributed by atoms with Crippen LogP contribution in [0.2, 0.25) is 0 Å². The number of rotatable bonds is 3. The molecule has 0 saturated carbocycles. The molecule has 0 radical (unpaired) electrons. The third-order valence-electron chi connectivity index (χ3n) is 0.617. The number of aliphatic imine (C=N–C) groups is 1. The summed E-state index contributed by atoms with van der Waals surface area (Å²) in [4.78, 5) is 3.41. The Balaban J connectivity index is 3.56. The summed E-state index contributed by atoms with van der Waals surface area (Å²) in [7, 11) is 0. The maximum Gasteiger partial charge on any atom is 0.257 e. The molecule has 58 valence electrons. The zero-order valence-electron chi connectivity index (χ0n) is 5.10. The zero-order valence-corrected chi connectivity index (χ0v) is 7.26. The lowest BCUT2D eigenvalue weighted by Crippen LogP contribution is -1.95. The van der Waals surface area contributed by atoms with Crippen LogP contribution in [0.5, 0.6) is 0 Å². The second-order valence-corrected chi connectivity index (χ2v) is 2.68. The van der Waals surface area contributed by atoms with Crippen molar-refractivity contribution >= 4 is 28.8 Å².